The Morgan fingerprint density at radius 2 is 1.97 bits per heavy atom. The van der Waals surface area contributed by atoms with Gasteiger partial charge < -0.3 is 19.5 Å². The van der Waals surface area contributed by atoms with Crippen LogP contribution in [0.3, 0.4) is 0 Å². The zero-order valence-corrected chi connectivity index (χ0v) is 19.6. The quantitative estimate of drug-likeness (QED) is 0.555. The van der Waals surface area contributed by atoms with Gasteiger partial charge in [-0.3, -0.25) is 9.69 Å². The molecule has 0 aliphatic carbocycles. The van der Waals surface area contributed by atoms with E-state index in [9.17, 15) is 18.0 Å². The van der Waals surface area contributed by atoms with E-state index in [1.807, 2.05) is 4.90 Å². The molecule has 0 radical (unpaired) electrons. The molecule has 11 heteroatoms. The molecule has 3 heterocycles. The van der Waals surface area contributed by atoms with Gasteiger partial charge in [0.15, 0.2) is 17.2 Å². The van der Waals surface area contributed by atoms with Gasteiger partial charge in [0.2, 0.25) is 6.79 Å². The Labute approximate surface area is 205 Å². The molecule has 1 N–H and O–H groups in total. The van der Waals surface area contributed by atoms with Gasteiger partial charge in [-0.1, -0.05) is 6.07 Å². The highest BCUT2D eigenvalue weighted by molar-refractivity contribution is 6.06. The number of ether oxygens (including phenoxy) is 2. The van der Waals surface area contributed by atoms with Crippen molar-refractivity contribution in [1.29, 1.82) is 0 Å². The highest BCUT2D eigenvalue weighted by atomic mass is 19.4. The van der Waals surface area contributed by atoms with Crippen LogP contribution in [-0.4, -0.2) is 59.2 Å². The van der Waals surface area contributed by atoms with Crippen molar-refractivity contribution in [3.63, 3.8) is 0 Å². The molecule has 5 rings (SSSR count). The number of aliphatic hydroxyl groups is 1. The molecule has 0 unspecified atom stereocenters. The number of benzene rings is 2. The number of fused-ring (bicyclic) bond motifs is 2. The number of carbonyl (C=O) groups excluding carboxylic acids is 1. The monoisotopic (exact) mass is 502 g/mol. The van der Waals surface area contributed by atoms with E-state index in [1.165, 1.54) is 9.58 Å². The van der Waals surface area contributed by atoms with Gasteiger partial charge in [-0.2, -0.15) is 18.3 Å². The summed E-state index contributed by atoms with van der Waals surface area (Å²) in [5.41, 5.74) is 0.993. The highest BCUT2D eigenvalue weighted by Gasteiger charge is 2.40. The Balaban J connectivity index is 1.46. The molecule has 2 aliphatic rings. The Morgan fingerprint density at radius 3 is 2.75 bits per heavy atom. The first-order chi connectivity index (χ1) is 17.3. The number of hydrogen-bond acceptors (Lipinski definition) is 6. The lowest BCUT2D eigenvalue weighted by atomic mass is 10.0. The Hall–Kier alpha value is -3.57. The van der Waals surface area contributed by atoms with Crippen LogP contribution >= 0.6 is 0 Å². The Morgan fingerprint density at radius 1 is 1.17 bits per heavy atom. The van der Waals surface area contributed by atoms with E-state index in [2.05, 4.69) is 5.10 Å². The average Bonchev–Trinajstić information content (AvgIpc) is 3.50. The molecule has 3 aromatic rings. The molecule has 0 bridgehead atoms. The van der Waals surface area contributed by atoms with Gasteiger partial charge in [-0.25, -0.2) is 4.68 Å². The molecule has 2 aliphatic heterocycles. The fourth-order valence-electron chi connectivity index (χ4n) is 4.58. The summed E-state index contributed by atoms with van der Waals surface area (Å²) in [5.74, 6) is 0.806. The van der Waals surface area contributed by atoms with E-state index in [1.54, 1.807) is 49.5 Å². The summed E-state index contributed by atoms with van der Waals surface area (Å²) in [6, 6.07) is 11.6. The van der Waals surface area contributed by atoms with Gasteiger partial charge in [0.25, 0.3) is 5.91 Å². The number of carbonyl (C=O) groups is 1. The molecule has 8 nitrogen and oxygen atoms in total. The van der Waals surface area contributed by atoms with Crippen LogP contribution in [0.5, 0.6) is 11.5 Å². The fraction of sp³-hybridized carbons (Fsp3) is 0.360. The standard InChI is InChI=1S/C25H25F3N4O4/c1-30(17-6-7-21-22(13-17)36-15-35-21)24(34)16-4-2-5-18(12-16)32-20-8-10-31(9-3-11-33)14-19(20)23(29-32)25(26,27)28/h2,4-7,12-13,33H,3,8-11,14-15H2,1H3. The van der Waals surface area contributed by atoms with Gasteiger partial charge in [0.1, 0.15) is 0 Å². The van der Waals surface area contributed by atoms with Crippen molar-refractivity contribution in [3.05, 3.63) is 65.0 Å². The lowest BCUT2D eigenvalue weighted by Gasteiger charge is -2.27. The molecular formula is C25H25F3N4O4. The third-order valence-corrected chi connectivity index (χ3v) is 6.42. The first kappa shape index (κ1) is 24.1. The molecule has 190 valence electrons. The van der Waals surface area contributed by atoms with E-state index < -0.39 is 11.9 Å². The van der Waals surface area contributed by atoms with Crippen LogP contribution in [0.15, 0.2) is 42.5 Å². The van der Waals surface area contributed by atoms with Crippen molar-refractivity contribution >= 4 is 11.6 Å². The molecular weight excluding hydrogens is 477 g/mol. The minimum atomic E-state index is -4.61. The zero-order valence-electron chi connectivity index (χ0n) is 19.6. The number of halogens is 3. The minimum absolute atomic E-state index is 0.0176. The smallest absolute Gasteiger partial charge is 0.435 e. The van der Waals surface area contributed by atoms with Crippen molar-refractivity contribution in [2.24, 2.45) is 0 Å². The second kappa shape index (κ2) is 9.47. The van der Waals surface area contributed by atoms with Crippen LogP contribution in [0, 0.1) is 0 Å². The Bertz CT molecular complexity index is 1290. The molecule has 0 spiro atoms. The van der Waals surface area contributed by atoms with Crippen molar-refractivity contribution in [3.8, 4) is 17.2 Å². The normalized spacial score (nSPS) is 15.1. The summed E-state index contributed by atoms with van der Waals surface area (Å²) < 4.78 is 53.6. The Kier molecular flexibility index (Phi) is 6.35. The van der Waals surface area contributed by atoms with Crippen LogP contribution in [-0.2, 0) is 19.1 Å². The number of nitrogens with zero attached hydrogens (tertiary/aromatic N) is 4. The summed E-state index contributed by atoms with van der Waals surface area (Å²) >= 11 is 0. The zero-order chi connectivity index (χ0) is 25.4. The van der Waals surface area contributed by atoms with E-state index in [-0.39, 0.29) is 31.4 Å². The number of aliphatic hydroxyl groups excluding tert-OH is 1. The molecule has 1 aromatic heterocycles. The van der Waals surface area contributed by atoms with Crippen LogP contribution in [0.25, 0.3) is 5.69 Å². The number of hydrogen-bond donors (Lipinski definition) is 1. The third kappa shape index (κ3) is 4.51. The molecule has 0 saturated carbocycles. The molecule has 0 atom stereocenters. The molecule has 1 amide bonds. The lowest BCUT2D eigenvalue weighted by Crippen LogP contribution is -2.33. The second-order valence-electron chi connectivity index (χ2n) is 8.74. The molecule has 0 fully saturated rings. The predicted octanol–water partition coefficient (Wildman–Crippen LogP) is 3.64. The largest absolute Gasteiger partial charge is 0.454 e. The number of aromatic nitrogens is 2. The SMILES string of the molecule is CN(C(=O)c1cccc(-n2nc(C(F)(F)F)c3c2CCN(CCCO)C3)c1)c1ccc2c(c1)OCO2. The van der Waals surface area contributed by atoms with Gasteiger partial charge in [0, 0.05) is 62.6 Å². The number of amides is 1. The first-order valence-corrected chi connectivity index (χ1v) is 11.6. The fourth-order valence-corrected chi connectivity index (χ4v) is 4.58. The summed E-state index contributed by atoms with van der Waals surface area (Å²) in [6.07, 6.45) is -3.74. The van der Waals surface area contributed by atoms with Crippen LogP contribution in [0.4, 0.5) is 18.9 Å². The molecule has 36 heavy (non-hydrogen) atoms. The van der Waals surface area contributed by atoms with Crippen molar-refractivity contribution in [2.75, 3.05) is 38.4 Å². The average molecular weight is 502 g/mol. The van der Waals surface area contributed by atoms with E-state index in [4.69, 9.17) is 14.6 Å². The maximum atomic E-state index is 13.9. The maximum absolute atomic E-state index is 13.9. The summed E-state index contributed by atoms with van der Waals surface area (Å²) in [6.45, 7) is 1.27. The number of rotatable bonds is 6. The van der Waals surface area contributed by atoms with E-state index in [0.717, 1.165) is 0 Å². The van der Waals surface area contributed by atoms with Crippen LogP contribution < -0.4 is 14.4 Å². The van der Waals surface area contributed by atoms with Crippen LogP contribution in [0.2, 0.25) is 0 Å². The lowest BCUT2D eigenvalue weighted by molar-refractivity contribution is -0.142. The van der Waals surface area contributed by atoms with Gasteiger partial charge in [-0.05, 0) is 36.8 Å². The predicted molar refractivity (Wildman–Crippen MR) is 125 cm³/mol. The van der Waals surface area contributed by atoms with Crippen molar-refractivity contribution in [1.82, 2.24) is 14.7 Å². The highest BCUT2D eigenvalue weighted by Crippen LogP contribution is 2.37. The summed E-state index contributed by atoms with van der Waals surface area (Å²) in [7, 11) is 1.62. The third-order valence-electron chi connectivity index (χ3n) is 6.42. The van der Waals surface area contributed by atoms with E-state index in [0.29, 0.717) is 60.1 Å². The van der Waals surface area contributed by atoms with Gasteiger partial charge in [0.05, 0.1) is 11.4 Å². The summed E-state index contributed by atoms with van der Waals surface area (Å²) in [5, 5.41) is 13.0. The second-order valence-corrected chi connectivity index (χ2v) is 8.74. The van der Waals surface area contributed by atoms with Crippen molar-refractivity contribution in [2.45, 2.75) is 25.6 Å². The summed E-state index contributed by atoms with van der Waals surface area (Å²) in [4.78, 5) is 16.6. The minimum Gasteiger partial charge on any atom is -0.454 e. The molecule has 2 aromatic carbocycles. The number of anilines is 1. The van der Waals surface area contributed by atoms with Gasteiger partial charge in [-0.15, -0.1) is 0 Å². The topological polar surface area (TPSA) is 80.1 Å². The van der Waals surface area contributed by atoms with Crippen LogP contribution in [0.1, 0.15) is 33.7 Å². The first-order valence-electron chi connectivity index (χ1n) is 11.6. The maximum Gasteiger partial charge on any atom is 0.435 e. The van der Waals surface area contributed by atoms with Gasteiger partial charge >= 0.3 is 6.18 Å². The number of alkyl halides is 3. The van der Waals surface area contributed by atoms with E-state index >= 15 is 0 Å². The van der Waals surface area contributed by atoms with Crippen molar-refractivity contribution < 1.29 is 32.5 Å². The molecule has 0 saturated heterocycles.